The van der Waals surface area contributed by atoms with Gasteiger partial charge < -0.3 is 20.1 Å². The molecule has 108 valence electrons. The van der Waals surface area contributed by atoms with Crippen LogP contribution in [0.15, 0.2) is 15.8 Å². The Morgan fingerprint density at radius 3 is 2.65 bits per heavy atom. The van der Waals surface area contributed by atoms with Crippen molar-refractivity contribution < 1.29 is 20.1 Å². The summed E-state index contributed by atoms with van der Waals surface area (Å²) in [6.45, 7) is 1.02. The maximum Gasteiger partial charge on any atom is 0.330 e. The summed E-state index contributed by atoms with van der Waals surface area (Å²) in [7, 11) is 0. The Labute approximate surface area is 113 Å². The van der Waals surface area contributed by atoms with Crippen molar-refractivity contribution >= 4 is 0 Å². The zero-order valence-corrected chi connectivity index (χ0v) is 10.6. The molecule has 1 aliphatic rings. The van der Waals surface area contributed by atoms with Crippen molar-refractivity contribution in [3.8, 4) is 11.8 Å². The molecular weight excluding hydrogens is 268 g/mol. The number of ether oxygens (including phenoxy) is 1. The van der Waals surface area contributed by atoms with Crippen LogP contribution in [-0.4, -0.2) is 49.8 Å². The monoisotopic (exact) mass is 282 g/mol. The normalized spacial score (nSPS) is 29.0. The number of rotatable bonds is 2. The lowest BCUT2D eigenvalue weighted by atomic mass is 10.1. The molecule has 0 radical (unpaired) electrons. The highest BCUT2D eigenvalue weighted by molar-refractivity contribution is 5.28. The minimum atomic E-state index is -1.40. The standard InChI is InChI=1S/C12H14N2O6/c1-2-3-6-4-14(12(19)13-10(6)18)11-9(17)8(16)7(5-15)20-11/h4,7-9,11,15-17H,5H2,1H3,(H,13,18,19)/t7-,8-,9+,11?/m0/s1. The van der Waals surface area contributed by atoms with E-state index in [9.17, 15) is 19.8 Å². The Hall–Kier alpha value is -1.92. The summed E-state index contributed by atoms with van der Waals surface area (Å²) in [4.78, 5) is 25.3. The molecule has 4 atom stereocenters. The van der Waals surface area contributed by atoms with Gasteiger partial charge in [0, 0.05) is 6.20 Å². The van der Waals surface area contributed by atoms with E-state index in [1.807, 2.05) is 0 Å². The Balaban J connectivity index is 2.47. The average Bonchev–Trinajstić information content (AvgIpc) is 2.70. The van der Waals surface area contributed by atoms with E-state index in [0.29, 0.717) is 0 Å². The van der Waals surface area contributed by atoms with Crippen molar-refractivity contribution in [2.24, 2.45) is 0 Å². The number of aromatic amines is 1. The van der Waals surface area contributed by atoms with E-state index in [1.54, 1.807) is 0 Å². The van der Waals surface area contributed by atoms with Gasteiger partial charge in [-0.25, -0.2) is 4.79 Å². The van der Waals surface area contributed by atoms with Crippen LogP contribution in [0.5, 0.6) is 0 Å². The molecule has 1 unspecified atom stereocenters. The van der Waals surface area contributed by atoms with E-state index >= 15 is 0 Å². The van der Waals surface area contributed by atoms with Gasteiger partial charge in [0.15, 0.2) is 6.23 Å². The molecule has 1 fully saturated rings. The summed E-state index contributed by atoms with van der Waals surface area (Å²) in [6.07, 6.45) is -3.79. The number of hydrogen-bond acceptors (Lipinski definition) is 6. The van der Waals surface area contributed by atoms with E-state index in [0.717, 1.165) is 10.8 Å². The first kappa shape index (κ1) is 14.5. The molecule has 4 N–H and O–H groups in total. The lowest BCUT2D eigenvalue weighted by Crippen LogP contribution is -2.38. The Morgan fingerprint density at radius 2 is 2.10 bits per heavy atom. The third-order valence-electron chi connectivity index (χ3n) is 3.02. The number of aromatic nitrogens is 2. The third kappa shape index (κ3) is 2.39. The predicted octanol–water partition coefficient (Wildman–Crippen LogP) is -2.48. The van der Waals surface area contributed by atoms with Gasteiger partial charge in [-0.3, -0.25) is 14.3 Å². The smallest absolute Gasteiger partial charge is 0.330 e. The molecule has 1 aromatic heterocycles. The van der Waals surface area contributed by atoms with E-state index in [4.69, 9.17) is 9.84 Å². The van der Waals surface area contributed by atoms with Gasteiger partial charge in [-0.15, -0.1) is 5.92 Å². The highest BCUT2D eigenvalue weighted by Gasteiger charge is 2.43. The molecule has 2 heterocycles. The van der Waals surface area contributed by atoms with Crippen molar-refractivity contribution in [3.63, 3.8) is 0 Å². The molecule has 0 aliphatic carbocycles. The van der Waals surface area contributed by atoms with Crippen LogP contribution in [0.4, 0.5) is 0 Å². The van der Waals surface area contributed by atoms with E-state index in [-0.39, 0.29) is 5.56 Å². The summed E-state index contributed by atoms with van der Waals surface area (Å²) >= 11 is 0. The number of nitrogens with one attached hydrogen (secondary N) is 1. The summed E-state index contributed by atoms with van der Waals surface area (Å²) < 4.78 is 6.15. The highest BCUT2D eigenvalue weighted by Crippen LogP contribution is 2.27. The van der Waals surface area contributed by atoms with Gasteiger partial charge in [0.2, 0.25) is 0 Å². The van der Waals surface area contributed by atoms with Gasteiger partial charge in [0.25, 0.3) is 5.56 Å². The lowest BCUT2D eigenvalue weighted by Gasteiger charge is -2.17. The van der Waals surface area contributed by atoms with E-state index in [1.165, 1.54) is 6.92 Å². The number of aliphatic hydroxyl groups excluding tert-OH is 3. The second-order valence-corrected chi connectivity index (χ2v) is 4.31. The van der Waals surface area contributed by atoms with Crippen LogP contribution in [-0.2, 0) is 4.74 Å². The van der Waals surface area contributed by atoms with Crippen LogP contribution in [0.1, 0.15) is 18.7 Å². The summed E-state index contributed by atoms with van der Waals surface area (Å²) in [6, 6.07) is 0. The first-order valence-electron chi connectivity index (χ1n) is 5.90. The van der Waals surface area contributed by atoms with Gasteiger partial charge in [0.05, 0.1) is 6.61 Å². The van der Waals surface area contributed by atoms with Gasteiger partial charge in [-0.1, -0.05) is 5.92 Å². The van der Waals surface area contributed by atoms with Gasteiger partial charge in [-0.2, -0.15) is 0 Å². The predicted molar refractivity (Wildman–Crippen MR) is 66.9 cm³/mol. The van der Waals surface area contributed by atoms with Crippen LogP contribution >= 0.6 is 0 Å². The summed E-state index contributed by atoms with van der Waals surface area (Å²) in [5.41, 5.74) is -1.41. The first-order chi connectivity index (χ1) is 9.49. The van der Waals surface area contributed by atoms with Gasteiger partial charge in [0.1, 0.15) is 23.9 Å². The molecular formula is C12H14N2O6. The van der Waals surface area contributed by atoms with Gasteiger partial charge in [-0.05, 0) is 6.92 Å². The fourth-order valence-electron chi connectivity index (χ4n) is 2.01. The molecule has 1 aliphatic heterocycles. The molecule has 20 heavy (non-hydrogen) atoms. The fraction of sp³-hybridized carbons (Fsp3) is 0.500. The SMILES string of the molecule is CC#Cc1cn(C2O[C@@H](CO)[C@H](O)[C@H]2O)c(=O)[nH]c1=O. The van der Waals surface area contributed by atoms with Crippen LogP contribution in [0, 0.1) is 11.8 Å². The second kappa shape index (κ2) is 5.60. The van der Waals surface area contributed by atoms with Crippen LogP contribution in [0.2, 0.25) is 0 Å². The molecule has 0 spiro atoms. The maximum atomic E-state index is 11.8. The van der Waals surface area contributed by atoms with Crippen LogP contribution < -0.4 is 11.2 Å². The summed E-state index contributed by atoms with van der Waals surface area (Å²) in [5, 5.41) is 28.5. The zero-order valence-electron chi connectivity index (χ0n) is 10.6. The van der Waals surface area contributed by atoms with Crippen LogP contribution in [0.25, 0.3) is 0 Å². The average molecular weight is 282 g/mol. The number of aliphatic hydroxyl groups is 3. The largest absolute Gasteiger partial charge is 0.394 e. The molecule has 0 amide bonds. The van der Waals surface area contributed by atoms with Crippen LogP contribution in [0.3, 0.4) is 0 Å². The highest BCUT2D eigenvalue weighted by atomic mass is 16.6. The summed E-state index contributed by atoms with van der Waals surface area (Å²) in [5.74, 6) is 5.04. The Kier molecular flexibility index (Phi) is 4.06. The van der Waals surface area contributed by atoms with Crippen molar-refractivity contribution in [1.82, 2.24) is 9.55 Å². The van der Waals surface area contributed by atoms with Crippen molar-refractivity contribution in [3.05, 3.63) is 32.6 Å². The molecule has 0 bridgehead atoms. The molecule has 1 saturated heterocycles. The molecule has 8 nitrogen and oxygen atoms in total. The van der Waals surface area contributed by atoms with Crippen molar-refractivity contribution in [2.75, 3.05) is 6.61 Å². The number of nitrogens with zero attached hydrogens (tertiary/aromatic N) is 1. The minimum Gasteiger partial charge on any atom is -0.394 e. The third-order valence-corrected chi connectivity index (χ3v) is 3.02. The van der Waals surface area contributed by atoms with Crippen molar-refractivity contribution in [2.45, 2.75) is 31.5 Å². The fourth-order valence-corrected chi connectivity index (χ4v) is 2.01. The van der Waals surface area contributed by atoms with Crippen molar-refractivity contribution in [1.29, 1.82) is 0 Å². The molecule has 0 aromatic carbocycles. The van der Waals surface area contributed by atoms with E-state index in [2.05, 4.69) is 16.8 Å². The Bertz CT molecular complexity index is 667. The first-order valence-corrected chi connectivity index (χ1v) is 5.90. The Morgan fingerprint density at radius 1 is 1.40 bits per heavy atom. The van der Waals surface area contributed by atoms with E-state index < -0.39 is 42.4 Å². The molecule has 0 saturated carbocycles. The number of H-pyrrole nitrogens is 1. The zero-order chi connectivity index (χ0) is 14.9. The molecule has 2 rings (SSSR count). The van der Waals surface area contributed by atoms with Gasteiger partial charge >= 0.3 is 5.69 Å². The second-order valence-electron chi connectivity index (χ2n) is 4.31. The number of hydrogen-bond donors (Lipinski definition) is 4. The lowest BCUT2D eigenvalue weighted by molar-refractivity contribution is -0.0550. The minimum absolute atomic E-state index is 0.0323. The topological polar surface area (TPSA) is 125 Å². The maximum absolute atomic E-state index is 11.8. The molecule has 8 heteroatoms. The quantitative estimate of drug-likeness (QED) is 0.445. The molecule has 1 aromatic rings.